The first-order valence-corrected chi connectivity index (χ1v) is 7.28. The Bertz CT molecular complexity index is 499. The first-order valence-electron chi connectivity index (χ1n) is 6.48. The topological polar surface area (TPSA) is 43.2 Å². The number of hydrogen-bond donors (Lipinski definition) is 0. The molecule has 1 aliphatic heterocycles. The third kappa shape index (κ3) is 3.07. The van der Waals surface area contributed by atoms with Crippen molar-refractivity contribution in [3.63, 3.8) is 0 Å². The Hall–Kier alpha value is -1.12. The molecule has 102 valence electrons. The molecular weight excluding hydrogens is 304 g/mol. The molecule has 1 aliphatic rings. The largest absolute Gasteiger partial charge is 0.354 e. The van der Waals surface area contributed by atoms with Crippen molar-refractivity contribution < 1.29 is 0 Å². The van der Waals surface area contributed by atoms with Crippen molar-refractivity contribution in [2.24, 2.45) is 0 Å². The highest BCUT2D eigenvalue weighted by Gasteiger charge is 2.30. The van der Waals surface area contributed by atoms with Crippen LogP contribution in [-0.2, 0) is 0 Å². The summed E-state index contributed by atoms with van der Waals surface area (Å²) >= 11 is 3.47. The lowest BCUT2D eigenvalue weighted by molar-refractivity contribution is 0.158. The van der Waals surface area contributed by atoms with Crippen molar-refractivity contribution >= 4 is 21.7 Å². The molecule has 0 saturated carbocycles. The average molecular weight is 323 g/mol. The van der Waals surface area contributed by atoms with Gasteiger partial charge in [-0.3, -0.25) is 4.90 Å². The van der Waals surface area contributed by atoms with E-state index in [0.717, 1.165) is 42.2 Å². The third-order valence-corrected chi connectivity index (χ3v) is 4.51. The second kappa shape index (κ2) is 5.48. The van der Waals surface area contributed by atoms with E-state index in [0.29, 0.717) is 0 Å². The molecule has 0 aliphatic carbocycles. The zero-order chi connectivity index (χ0) is 14.0. The van der Waals surface area contributed by atoms with Gasteiger partial charge in [0.25, 0.3) is 0 Å². The van der Waals surface area contributed by atoms with Crippen LogP contribution in [0.25, 0.3) is 0 Å². The number of piperazine rings is 1. The van der Waals surface area contributed by atoms with E-state index in [-0.39, 0.29) is 5.54 Å². The fraction of sp³-hybridized carbons (Fsp3) is 0.571. The highest BCUT2D eigenvalue weighted by Crippen LogP contribution is 2.22. The quantitative estimate of drug-likeness (QED) is 0.839. The molecule has 0 aromatic carbocycles. The normalized spacial score (nSPS) is 17.3. The Morgan fingerprint density at radius 1 is 1.26 bits per heavy atom. The monoisotopic (exact) mass is 322 g/mol. The van der Waals surface area contributed by atoms with Crippen LogP contribution in [0, 0.1) is 18.3 Å². The molecule has 0 unspecified atom stereocenters. The molecule has 0 bridgehead atoms. The molecular formula is C14H19BrN4. The lowest BCUT2D eigenvalue weighted by atomic mass is 10.0. The summed E-state index contributed by atoms with van der Waals surface area (Å²) in [4.78, 5) is 9.11. The number of hydrogen-bond acceptors (Lipinski definition) is 4. The molecule has 0 spiro atoms. The van der Waals surface area contributed by atoms with Gasteiger partial charge < -0.3 is 4.90 Å². The highest BCUT2D eigenvalue weighted by molar-refractivity contribution is 9.10. The molecule has 5 heteroatoms. The van der Waals surface area contributed by atoms with Crippen LogP contribution in [-0.4, -0.2) is 41.6 Å². The minimum Gasteiger partial charge on any atom is -0.354 e. The Kier molecular flexibility index (Phi) is 4.12. The van der Waals surface area contributed by atoms with Crippen LogP contribution in [0.1, 0.15) is 19.5 Å². The molecule has 19 heavy (non-hydrogen) atoms. The molecule has 2 heterocycles. The van der Waals surface area contributed by atoms with Crippen molar-refractivity contribution in [3.8, 4) is 6.07 Å². The fourth-order valence-electron chi connectivity index (χ4n) is 2.27. The molecule has 0 atom stereocenters. The minimum atomic E-state index is -0.380. The van der Waals surface area contributed by atoms with Crippen LogP contribution in [0.4, 0.5) is 5.82 Å². The fourth-order valence-corrected chi connectivity index (χ4v) is 2.49. The number of halogens is 1. The number of nitriles is 1. The van der Waals surface area contributed by atoms with Gasteiger partial charge >= 0.3 is 0 Å². The maximum Gasteiger partial charge on any atom is 0.128 e. The summed E-state index contributed by atoms with van der Waals surface area (Å²) in [6.07, 6.45) is 0. The highest BCUT2D eigenvalue weighted by atomic mass is 79.9. The van der Waals surface area contributed by atoms with E-state index >= 15 is 0 Å². The predicted octanol–water partition coefficient (Wildman–Crippen LogP) is 2.58. The number of pyridine rings is 1. The average Bonchev–Trinajstić information content (AvgIpc) is 2.42. The lowest BCUT2D eigenvalue weighted by Gasteiger charge is -2.41. The van der Waals surface area contributed by atoms with E-state index in [1.54, 1.807) is 0 Å². The first-order chi connectivity index (χ1) is 8.94. The van der Waals surface area contributed by atoms with Crippen LogP contribution in [0.5, 0.6) is 0 Å². The van der Waals surface area contributed by atoms with E-state index in [9.17, 15) is 5.26 Å². The third-order valence-electron chi connectivity index (χ3n) is 3.67. The Morgan fingerprint density at radius 2 is 1.89 bits per heavy atom. The number of rotatable bonds is 2. The summed E-state index contributed by atoms with van der Waals surface area (Å²) in [6, 6.07) is 6.46. The molecule has 1 aromatic heterocycles. The van der Waals surface area contributed by atoms with Crippen LogP contribution < -0.4 is 4.90 Å². The number of aromatic nitrogens is 1. The van der Waals surface area contributed by atoms with Crippen molar-refractivity contribution in [2.45, 2.75) is 26.3 Å². The van der Waals surface area contributed by atoms with Crippen LogP contribution in [0.15, 0.2) is 16.6 Å². The van der Waals surface area contributed by atoms with E-state index in [1.807, 2.05) is 32.9 Å². The second-order valence-electron chi connectivity index (χ2n) is 5.38. The van der Waals surface area contributed by atoms with Crippen molar-refractivity contribution in [1.82, 2.24) is 9.88 Å². The van der Waals surface area contributed by atoms with E-state index in [1.165, 1.54) is 0 Å². The molecule has 1 aromatic rings. The summed E-state index contributed by atoms with van der Waals surface area (Å²) in [7, 11) is 0. The summed E-state index contributed by atoms with van der Waals surface area (Å²) in [5, 5.41) is 9.17. The van der Waals surface area contributed by atoms with Gasteiger partial charge in [-0.2, -0.15) is 5.26 Å². The SMILES string of the molecule is Cc1nc(N2CCN(C(C)(C)C#N)CC2)ccc1Br. The second-order valence-corrected chi connectivity index (χ2v) is 6.24. The van der Waals surface area contributed by atoms with E-state index in [4.69, 9.17) is 0 Å². The van der Waals surface area contributed by atoms with Gasteiger partial charge in [0.05, 0.1) is 11.8 Å². The molecule has 1 saturated heterocycles. The number of aryl methyl sites for hydroxylation is 1. The summed E-state index contributed by atoms with van der Waals surface area (Å²) in [6.45, 7) is 9.59. The zero-order valence-corrected chi connectivity index (χ0v) is 13.2. The first kappa shape index (κ1) is 14.3. The maximum atomic E-state index is 9.17. The van der Waals surface area contributed by atoms with Gasteiger partial charge in [0.15, 0.2) is 0 Å². The minimum absolute atomic E-state index is 0.380. The van der Waals surface area contributed by atoms with Crippen LogP contribution in [0.2, 0.25) is 0 Å². The maximum absolute atomic E-state index is 9.17. The van der Waals surface area contributed by atoms with Gasteiger partial charge in [-0.1, -0.05) is 0 Å². The van der Waals surface area contributed by atoms with Gasteiger partial charge in [-0.05, 0) is 48.8 Å². The Balaban J connectivity index is 2.04. The summed E-state index contributed by atoms with van der Waals surface area (Å²) in [5.41, 5.74) is 0.632. The van der Waals surface area contributed by atoms with E-state index in [2.05, 4.69) is 36.8 Å². The standard InChI is InChI=1S/C14H19BrN4/c1-11-12(15)4-5-13(17-11)18-6-8-19(9-7-18)14(2,3)10-16/h4-5H,6-9H2,1-3H3. The molecule has 0 N–H and O–H groups in total. The predicted molar refractivity (Wildman–Crippen MR) is 80.2 cm³/mol. The smallest absolute Gasteiger partial charge is 0.128 e. The molecule has 2 rings (SSSR count). The summed E-state index contributed by atoms with van der Waals surface area (Å²) < 4.78 is 1.04. The number of anilines is 1. The van der Waals surface area contributed by atoms with Crippen molar-refractivity contribution in [1.29, 1.82) is 5.26 Å². The Labute approximate surface area is 123 Å². The van der Waals surface area contributed by atoms with Crippen molar-refractivity contribution in [2.75, 3.05) is 31.1 Å². The van der Waals surface area contributed by atoms with Crippen LogP contribution >= 0.6 is 15.9 Å². The Morgan fingerprint density at radius 3 is 2.42 bits per heavy atom. The summed E-state index contributed by atoms with van der Waals surface area (Å²) in [5.74, 6) is 1.02. The zero-order valence-electron chi connectivity index (χ0n) is 11.6. The van der Waals surface area contributed by atoms with Gasteiger partial charge in [0.1, 0.15) is 11.4 Å². The number of nitrogens with zero attached hydrogens (tertiary/aromatic N) is 4. The lowest BCUT2D eigenvalue weighted by Crippen LogP contribution is -2.54. The van der Waals surface area contributed by atoms with Gasteiger partial charge in [0, 0.05) is 30.7 Å². The molecule has 0 radical (unpaired) electrons. The van der Waals surface area contributed by atoms with Crippen LogP contribution in [0.3, 0.4) is 0 Å². The molecule has 1 fully saturated rings. The van der Waals surface area contributed by atoms with E-state index < -0.39 is 0 Å². The van der Waals surface area contributed by atoms with Gasteiger partial charge in [-0.15, -0.1) is 0 Å². The van der Waals surface area contributed by atoms with Gasteiger partial charge in [0.2, 0.25) is 0 Å². The molecule has 0 amide bonds. The van der Waals surface area contributed by atoms with Gasteiger partial charge in [-0.25, -0.2) is 4.98 Å². The van der Waals surface area contributed by atoms with Crippen molar-refractivity contribution in [3.05, 3.63) is 22.3 Å². The molecule has 4 nitrogen and oxygen atoms in total.